The van der Waals surface area contributed by atoms with Gasteiger partial charge >= 0.3 is 0 Å². The normalized spacial score (nSPS) is 17.7. The molecule has 3 heteroatoms. The molecule has 0 bridgehead atoms. The molecule has 15 heavy (non-hydrogen) atoms. The summed E-state index contributed by atoms with van der Waals surface area (Å²) in [7, 11) is 0. The summed E-state index contributed by atoms with van der Waals surface area (Å²) in [4.78, 5) is 4.28. The van der Waals surface area contributed by atoms with Crippen LogP contribution in [0.25, 0.3) is 0 Å². The molecule has 0 spiro atoms. The zero-order valence-electron chi connectivity index (χ0n) is 9.15. The number of rotatable bonds is 6. The molecule has 1 fully saturated rings. The Morgan fingerprint density at radius 2 is 2.40 bits per heavy atom. The van der Waals surface area contributed by atoms with Crippen LogP contribution in [-0.2, 0) is 0 Å². The number of nitrogens with zero attached hydrogens (tertiary/aromatic N) is 1. The predicted molar refractivity (Wildman–Crippen MR) is 65.1 cm³/mol. The van der Waals surface area contributed by atoms with Gasteiger partial charge in [0.05, 0.1) is 5.03 Å². The van der Waals surface area contributed by atoms with Gasteiger partial charge in [0, 0.05) is 24.5 Å². The van der Waals surface area contributed by atoms with Crippen molar-refractivity contribution in [3.8, 4) is 0 Å². The topological polar surface area (TPSA) is 24.9 Å². The number of aromatic nitrogens is 1. The maximum atomic E-state index is 4.28. The summed E-state index contributed by atoms with van der Waals surface area (Å²) in [6, 6.07) is 6.76. The Morgan fingerprint density at radius 3 is 3.07 bits per heavy atom. The van der Waals surface area contributed by atoms with E-state index in [9.17, 15) is 0 Å². The summed E-state index contributed by atoms with van der Waals surface area (Å²) in [5.74, 6) is 2.05. The van der Waals surface area contributed by atoms with Gasteiger partial charge in [0.1, 0.15) is 0 Å². The number of nitrogens with one attached hydrogen (secondary N) is 1. The van der Waals surface area contributed by atoms with Gasteiger partial charge < -0.3 is 5.32 Å². The molecular weight excluding hydrogens is 204 g/mol. The molecule has 0 aromatic carbocycles. The van der Waals surface area contributed by atoms with E-state index in [0.29, 0.717) is 6.04 Å². The highest BCUT2D eigenvalue weighted by Crippen LogP contribution is 2.32. The molecule has 1 aromatic heterocycles. The summed E-state index contributed by atoms with van der Waals surface area (Å²) in [5, 5.41) is 4.69. The minimum Gasteiger partial charge on any atom is -0.313 e. The van der Waals surface area contributed by atoms with Crippen molar-refractivity contribution in [1.82, 2.24) is 10.3 Å². The van der Waals surface area contributed by atoms with E-state index < -0.39 is 0 Å². The molecule has 1 aliphatic rings. The van der Waals surface area contributed by atoms with E-state index in [1.54, 1.807) is 0 Å². The third kappa shape index (κ3) is 3.84. The van der Waals surface area contributed by atoms with Gasteiger partial charge in [0.2, 0.25) is 0 Å². The van der Waals surface area contributed by atoms with Crippen molar-refractivity contribution >= 4 is 11.8 Å². The first-order valence-electron chi connectivity index (χ1n) is 5.63. The van der Waals surface area contributed by atoms with E-state index in [1.165, 1.54) is 12.8 Å². The smallest absolute Gasteiger partial charge is 0.0960 e. The van der Waals surface area contributed by atoms with Gasteiger partial charge in [-0.25, -0.2) is 4.98 Å². The van der Waals surface area contributed by atoms with E-state index in [0.717, 1.165) is 23.2 Å². The lowest BCUT2D eigenvalue weighted by Crippen LogP contribution is -2.29. The van der Waals surface area contributed by atoms with E-state index in [1.807, 2.05) is 30.1 Å². The average molecular weight is 222 g/mol. The maximum Gasteiger partial charge on any atom is 0.0960 e. The Kier molecular flexibility index (Phi) is 4.03. The molecule has 2 rings (SSSR count). The minimum atomic E-state index is 0.703. The van der Waals surface area contributed by atoms with Crippen LogP contribution in [0, 0.1) is 5.92 Å². The highest BCUT2D eigenvalue weighted by molar-refractivity contribution is 7.99. The van der Waals surface area contributed by atoms with Crippen LogP contribution >= 0.6 is 11.8 Å². The quantitative estimate of drug-likeness (QED) is 0.591. The van der Waals surface area contributed by atoms with Crippen LogP contribution in [0.15, 0.2) is 29.4 Å². The second-order valence-electron chi connectivity index (χ2n) is 4.10. The Hall–Kier alpha value is -0.540. The molecule has 1 unspecified atom stereocenters. The molecule has 0 radical (unpaired) electrons. The predicted octanol–water partition coefficient (Wildman–Crippen LogP) is 2.56. The highest BCUT2D eigenvalue weighted by Gasteiger charge is 2.27. The molecule has 2 nitrogen and oxygen atoms in total. The lowest BCUT2D eigenvalue weighted by atomic mass is 10.2. The molecule has 1 aliphatic carbocycles. The monoisotopic (exact) mass is 222 g/mol. The van der Waals surface area contributed by atoms with E-state index >= 15 is 0 Å². The zero-order valence-corrected chi connectivity index (χ0v) is 9.96. The van der Waals surface area contributed by atoms with Crippen molar-refractivity contribution in [3.05, 3.63) is 24.4 Å². The molecular formula is C12H18N2S. The number of hydrogen-bond acceptors (Lipinski definition) is 3. The van der Waals surface area contributed by atoms with Crippen LogP contribution in [0.3, 0.4) is 0 Å². The second-order valence-corrected chi connectivity index (χ2v) is 5.21. The molecule has 1 N–H and O–H groups in total. The third-order valence-electron chi connectivity index (χ3n) is 2.79. The SMILES string of the molecule is CC(NCCSc1ccccn1)C1CC1. The van der Waals surface area contributed by atoms with Crippen LogP contribution < -0.4 is 5.32 Å². The van der Waals surface area contributed by atoms with Crippen LogP contribution in [0.1, 0.15) is 19.8 Å². The summed E-state index contributed by atoms with van der Waals surface area (Å²) >= 11 is 1.82. The molecule has 1 aromatic rings. The molecule has 0 aliphatic heterocycles. The fraction of sp³-hybridized carbons (Fsp3) is 0.583. The van der Waals surface area contributed by atoms with Gasteiger partial charge in [-0.15, -0.1) is 11.8 Å². The second kappa shape index (κ2) is 5.52. The zero-order chi connectivity index (χ0) is 10.5. The number of hydrogen-bond donors (Lipinski definition) is 1. The van der Waals surface area contributed by atoms with Crippen molar-refractivity contribution in [2.45, 2.75) is 30.8 Å². The average Bonchev–Trinajstić information content (AvgIpc) is 3.09. The van der Waals surface area contributed by atoms with E-state index in [4.69, 9.17) is 0 Å². The molecule has 1 saturated carbocycles. The third-order valence-corrected chi connectivity index (χ3v) is 3.73. The van der Waals surface area contributed by atoms with Gasteiger partial charge in [0.25, 0.3) is 0 Å². The molecule has 1 heterocycles. The lowest BCUT2D eigenvalue weighted by molar-refractivity contribution is 0.514. The first-order chi connectivity index (χ1) is 7.36. The van der Waals surface area contributed by atoms with Gasteiger partial charge in [-0.3, -0.25) is 0 Å². The molecule has 0 saturated heterocycles. The summed E-state index contributed by atoms with van der Waals surface area (Å²) in [6.07, 6.45) is 4.69. The Balaban J connectivity index is 1.58. The summed E-state index contributed by atoms with van der Waals surface area (Å²) in [5.41, 5.74) is 0. The van der Waals surface area contributed by atoms with Gasteiger partial charge in [0.15, 0.2) is 0 Å². The van der Waals surface area contributed by atoms with Gasteiger partial charge in [-0.1, -0.05) is 6.07 Å². The first kappa shape index (κ1) is 11.0. The van der Waals surface area contributed by atoms with Crippen LogP contribution in [0.4, 0.5) is 0 Å². The van der Waals surface area contributed by atoms with Crippen molar-refractivity contribution < 1.29 is 0 Å². The fourth-order valence-electron chi connectivity index (χ4n) is 1.64. The summed E-state index contributed by atoms with van der Waals surface area (Å²) in [6.45, 7) is 3.38. The van der Waals surface area contributed by atoms with Crippen molar-refractivity contribution in [2.75, 3.05) is 12.3 Å². The van der Waals surface area contributed by atoms with Gasteiger partial charge in [-0.2, -0.15) is 0 Å². The first-order valence-corrected chi connectivity index (χ1v) is 6.62. The van der Waals surface area contributed by atoms with E-state index in [2.05, 4.69) is 23.3 Å². The van der Waals surface area contributed by atoms with Crippen molar-refractivity contribution in [2.24, 2.45) is 5.92 Å². The molecule has 0 amide bonds. The molecule has 1 atom stereocenters. The maximum absolute atomic E-state index is 4.28. The highest BCUT2D eigenvalue weighted by atomic mass is 32.2. The standard InChI is InChI=1S/C12H18N2S/c1-10(11-5-6-11)13-8-9-15-12-4-2-3-7-14-12/h2-4,7,10-11,13H,5-6,8-9H2,1H3. The Labute approximate surface area is 95.9 Å². The van der Waals surface area contributed by atoms with Crippen LogP contribution in [0.5, 0.6) is 0 Å². The lowest BCUT2D eigenvalue weighted by Gasteiger charge is -2.11. The van der Waals surface area contributed by atoms with Gasteiger partial charge in [-0.05, 0) is 37.8 Å². The van der Waals surface area contributed by atoms with Crippen LogP contribution in [-0.4, -0.2) is 23.3 Å². The van der Waals surface area contributed by atoms with Crippen molar-refractivity contribution in [1.29, 1.82) is 0 Å². The summed E-state index contributed by atoms with van der Waals surface area (Å²) < 4.78 is 0. The number of thioether (sulfide) groups is 1. The largest absolute Gasteiger partial charge is 0.313 e. The Morgan fingerprint density at radius 1 is 1.53 bits per heavy atom. The van der Waals surface area contributed by atoms with Crippen molar-refractivity contribution in [3.63, 3.8) is 0 Å². The van der Waals surface area contributed by atoms with E-state index in [-0.39, 0.29) is 0 Å². The molecule has 82 valence electrons. The minimum absolute atomic E-state index is 0.703. The Bertz CT molecular complexity index is 285. The fourth-order valence-corrected chi connectivity index (χ4v) is 2.38. The number of pyridine rings is 1. The van der Waals surface area contributed by atoms with Crippen LogP contribution in [0.2, 0.25) is 0 Å².